The second kappa shape index (κ2) is 9.56. The number of rotatable bonds is 8. The number of carboxylic acid groups (broad SMARTS) is 1. The molecule has 4 aromatic rings. The molecule has 7 nitrogen and oxygen atoms in total. The number of aliphatic hydroxyl groups excluding tert-OH is 1. The number of aromatic amines is 1. The summed E-state index contributed by atoms with van der Waals surface area (Å²) in [6.07, 6.45) is -0.0744. The normalized spacial score (nSPS) is 11.4. The lowest BCUT2D eigenvalue weighted by molar-refractivity contribution is -0.146. The van der Waals surface area contributed by atoms with Crippen molar-refractivity contribution >= 4 is 34.3 Å². The van der Waals surface area contributed by atoms with Crippen LogP contribution in [0.15, 0.2) is 72.8 Å². The molecule has 1 aromatic heterocycles. The predicted octanol–water partition coefficient (Wildman–Crippen LogP) is 5.26. The molecule has 1 heterocycles. The van der Waals surface area contributed by atoms with Crippen LogP contribution in [0.25, 0.3) is 22.0 Å². The SMILES string of the molecule is CC(C)(CC(=O)c1ccc(-c2ccc(NC(=O)c3cc4cc(CO)ccc4[nH]3)cc2)cc1)C(=O)O. The van der Waals surface area contributed by atoms with Crippen molar-refractivity contribution in [1.29, 1.82) is 0 Å². The smallest absolute Gasteiger partial charge is 0.309 e. The highest BCUT2D eigenvalue weighted by Crippen LogP contribution is 2.26. The lowest BCUT2D eigenvalue weighted by Gasteiger charge is -2.17. The Labute approximate surface area is 202 Å². The zero-order chi connectivity index (χ0) is 25.2. The Morgan fingerprint density at radius 1 is 0.886 bits per heavy atom. The van der Waals surface area contributed by atoms with Gasteiger partial charge in [0.1, 0.15) is 5.69 Å². The van der Waals surface area contributed by atoms with E-state index in [9.17, 15) is 24.6 Å². The van der Waals surface area contributed by atoms with Crippen molar-refractivity contribution in [2.75, 3.05) is 5.32 Å². The van der Waals surface area contributed by atoms with Crippen molar-refractivity contribution < 1.29 is 24.6 Å². The van der Waals surface area contributed by atoms with E-state index in [1.165, 1.54) is 13.8 Å². The molecule has 0 radical (unpaired) electrons. The van der Waals surface area contributed by atoms with E-state index in [0.717, 1.165) is 27.6 Å². The van der Waals surface area contributed by atoms with E-state index in [2.05, 4.69) is 10.3 Å². The van der Waals surface area contributed by atoms with E-state index < -0.39 is 11.4 Å². The summed E-state index contributed by atoms with van der Waals surface area (Å²) in [6.45, 7) is 3.01. The number of carbonyl (C=O) groups excluding carboxylic acids is 2. The second-order valence-corrected chi connectivity index (χ2v) is 9.16. The molecule has 0 atom stereocenters. The number of carbonyl (C=O) groups is 3. The van der Waals surface area contributed by atoms with Crippen molar-refractivity contribution in [1.82, 2.24) is 4.98 Å². The third kappa shape index (κ3) is 5.31. The van der Waals surface area contributed by atoms with Crippen LogP contribution in [0.2, 0.25) is 0 Å². The van der Waals surface area contributed by atoms with Crippen LogP contribution < -0.4 is 5.32 Å². The van der Waals surface area contributed by atoms with E-state index in [0.29, 0.717) is 16.9 Å². The highest BCUT2D eigenvalue weighted by atomic mass is 16.4. The molecule has 0 fully saturated rings. The number of hydrogen-bond acceptors (Lipinski definition) is 4. The zero-order valence-corrected chi connectivity index (χ0v) is 19.5. The third-order valence-corrected chi connectivity index (χ3v) is 5.98. The molecule has 7 heteroatoms. The number of ketones is 1. The van der Waals surface area contributed by atoms with E-state index in [-0.39, 0.29) is 24.7 Å². The highest BCUT2D eigenvalue weighted by Gasteiger charge is 2.30. The molecule has 4 N–H and O–H groups in total. The van der Waals surface area contributed by atoms with E-state index >= 15 is 0 Å². The van der Waals surface area contributed by atoms with E-state index in [4.69, 9.17) is 0 Å². The first-order valence-electron chi connectivity index (χ1n) is 11.2. The van der Waals surface area contributed by atoms with Gasteiger partial charge in [-0.3, -0.25) is 14.4 Å². The van der Waals surface area contributed by atoms with Gasteiger partial charge in [0.2, 0.25) is 0 Å². The standard InChI is InChI=1S/C28H26N2O5/c1-28(2,27(34)35)15-25(32)20-6-4-18(5-7-20)19-8-10-22(11-9-19)29-26(33)24-14-21-13-17(16-31)3-12-23(21)30-24/h3-14,30-31H,15-16H2,1-2H3,(H,29,33)(H,34,35). The summed E-state index contributed by atoms with van der Waals surface area (Å²) in [5.74, 6) is -1.49. The molecule has 1 amide bonds. The van der Waals surface area contributed by atoms with Gasteiger partial charge in [-0.1, -0.05) is 42.5 Å². The molecule has 0 aliphatic rings. The molecule has 4 rings (SSSR count). The van der Waals surface area contributed by atoms with Gasteiger partial charge in [0.15, 0.2) is 5.78 Å². The van der Waals surface area contributed by atoms with Gasteiger partial charge in [-0.05, 0) is 60.9 Å². The summed E-state index contributed by atoms with van der Waals surface area (Å²) in [4.78, 5) is 39.5. The minimum atomic E-state index is -1.12. The van der Waals surface area contributed by atoms with Gasteiger partial charge < -0.3 is 20.5 Å². The van der Waals surface area contributed by atoms with E-state index in [1.54, 1.807) is 36.4 Å². The lowest BCUT2D eigenvalue weighted by atomic mass is 9.85. The van der Waals surface area contributed by atoms with E-state index in [1.807, 2.05) is 36.4 Å². The molecule has 178 valence electrons. The molecule has 0 bridgehead atoms. The average molecular weight is 471 g/mol. The number of carboxylic acids is 1. The summed E-state index contributed by atoms with van der Waals surface area (Å²) in [5.41, 5.74) is 3.81. The first kappa shape index (κ1) is 23.9. The number of aromatic nitrogens is 1. The highest BCUT2D eigenvalue weighted by molar-refractivity contribution is 6.06. The molecular weight excluding hydrogens is 444 g/mol. The molecular formula is C28H26N2O5. The Morgan fingerprint density at radius 3 is 2.11 bits per heavy atom. The summed E-state index contributed by atoms with van der Waals surface area (Å²) >= 11 is 0. The van der Waals surface area contributed by atoms with Gasteiger partial charge in [0.25, 0.3) is 5.91 Å². The Hall–Kier alpha value is -4.23. The van der Waals surface area contributed by atoms with Crippen molar-refractivity contribution in [2.24, 2.45) is 5.41 Å². The fourth-order valence-electron chi connectivity index (χ4n) is 3.77. The topological polar surface area (TPSA) is 119 Å². The quantitative estimate of drug-likeness (QED) is 0.262. The molecule has 35 heavy (non-hydrogen) atoms. The minimum Gasteiger partial charge on any atom is -0.481 e. The van der Waals surface area contributed by atoms with Crippen LogP contribution in [-0.4, -0.2) is 32.9 Å². The maximum atomic E-state index is 12.7. The molecule has 0 spiro atoms. The van der Waals surface area contributed by atoms with Crippen LogP contribution in [0.4, 0.5) is 5.69 Å². The number of aliphatic hydroxyl groups is 1. The van der Waals surface area contributed by atoms with Gasteiger partial charge >= 0.3 is 5.97 Å². The number of H-pyrrole nitrogens is 1. The summed E-state index contributed by atoms with van der Waals surface area (Å²) in [5, 5.41) is 22.2. The van der Waals surface area contributed by atoms with Crippen LogP contribution in [0, 0.1) is 5.41 Å². The molecule has 0 unspecified atom stereocenters. The monoisotopic (exact) mass is 470 g/mol. The molecule has 0 saturated carbocycles. The predicted molar refractivity (Wildman–Crippen MR) is 134 cm³/mol. The zero-order valence-electron chi connectivity index (χ0n) is 19.5. The van der Waals surface area contributed by atoms with Crippen LogP contribution >= 0.6 is 0 Å². The molecule has 3 aromatic carbocycles. The van der Waals surface area contributed by atoms with Gasteiger partial charge in [0.05, 0.1) is 12.0 Å². The van der Waals surface area contributed by atoms with Gasteiger partial charge in [-0.25, -0.2) is 0 Å². The number of Topliss-reactive ketones (excluding diaryl/α,β-unsaturated/α-hetero) is 1. The van der Waals surface area contributed by atoms with Crippen molar-refractivity contribution in [3.8, 4) is 11.1 Å². The largest absolute Gasteiger partial charge is 0.481 e. The number of anilines is 1. The van der Waals surface area contributed by atoms with Gasteiger partial charge in [-0.15, -0.1) is 0 Å². The Bertz CT molecular complexity index is 1400. The maximum absolute atomic E-state index is 12.7. The van der Waals surface area contributed by atoms with Gasteiger partial charge in [-0.2, -0.15) is 0 Å². The molecule has 0 aliphatic carbocycles. The molecule has 0 aliphatic heterocycles. The lowest BCUT2D eigenvalue weighted by Crippen LogP contribution is -2.26. The first-order valence-corrected chi connectivity index (χ1v) is 11.2. The summed E-state index contributed by atoms with van der Waals surface area (Å²) in [6, 6.07) is 21.6. The number of aliphatic carboxylic acids is 1. The fraction of sp³-hybridized carbons (Fsp3) is 0.179. The number of nitrogens with one attached hydrogen (secondary N) is 2. The first-order chi connectivity index (χ1) is 16.7. The summed E-state index contributed by atoms with van der Waals surface area (Å²) < 4.78 is 0. The van der Waals surface area contributed by atoms with Crippen LogP contribution in [0.1, 0.15) is 46.7 Å². The molecule has 0 saturated heterocycles. The van der Waals surface area contributed by atoms with Crippen LogP contribution in [0.3, 0.4) is 0 Å². The average Bonchev–Trinajstić information content (AvgIpc) is 3.28. The number of benzene rings is 3. The van der Waals surface area contributed by atoms with Crippen molar-refractivity contribution in [3.05, 3.63) is 89.6 Å². The van der Waals surface area contributed by atoms with Crippen LogP contribution in [0.5, 0.6) is 0 Å². The third-order valence-electron chi connectivity index (χ3n) is 5.98. The van der Waals surface area contributed by atoms with Gasteiger partial charge in [0, 0.05) is 28.6 Å². The number of fused-ring (bicyclic) bond motifs is 1. The Kier molecular flexibility index (Phi) is 6.53. The summed E-state index contributed by atoms with van der Waals surface area (Å²) in [7, 11) is 0. The minimum absolute atomic E-state index is 0.0586. The fourth-order valence-corrected chi connectivity index (χ4v) is 3.77. The number of amides is 1. The maximum Gasteiger partial charge on any atom is 0.309 e. The van der Waals surface area contributed by atoms with Crippen molar-refractivity contribution in [2.45, 2.75) is 26.9 Å². The Morgan fingerprint density at radius 2 is 1.51 bits per heavy atom. The Balaban J connectivity index is 1.43. The second-order valence-electron chi connectivity index (χ2n) is 9.16. The van der Waals surface area contributed by atoms with Crippen molar-refractivity contribution in [3.63, 3.8) is 0 Å². The number of hydrogen-bond donors (Lipinski definition) is 4. The van der Waals surface area contributed by atoms with Crippen LogP contribution in [-0.2, 0) is 11.4 Å².